The minimum atomic E-state index is 0.244. The van der Waals surface area contributed by atoms with Gasteiger partial charge in [-0.3, -0.25) is 4.99 Å². The average molecular weight is 394 g/mol. The number of aliphatic imine (C=N–C) groups is 1. The van der Waals surface area contributed by atoms with E-state index in [0.29, 0.717) is 42.5 Å². The lowest BCUT2D eigenvalue weighted by atomic mass is 10.2. The van der Waals surface area contributed by atoms with Gasteiger partial charge >= 0.3 is 0 Å². The standard InChI is InChI=1S/C18H24ClN5O3/c1-20-18(21-7-3-8-26-15-6-9-25-12-15)22-11-16-23-17(24-27-16)13-4-2-5-14(19)10-13/h2,4-5,10,15H,3,6-9,11-12H2,1H3,(H2,20,21,22). The zero-order chi connectivity index (χ0) is 18.9. The molecule has 0 spiro atoms. The Kier molecular flexibility index (Phi) is 7.44. The first kappa shape index (κ1) is 19.6. The predicted octanol–water partition coefficient (Wildman–Crippen LogP) is 2.25. The molecule has 1 aliphatic heterocycles. The third kappa shape index (κ3) is 6.20. The van der Waals surface area contributed by atoms with Gasteiger partial charge in [0.25, 0.3) is 0 Å². The smallest absolute Gasteiger partial charge is 0.246 e. The Labute approximate surface area is 163 Å². The largest absolute Gasteiger partial charge is 0.379 e. The SMILES string of the molecule is CN=C(NCCCOC1CCOC1)NCc1nc(-c2cccc(Cl)c2)no1. The van der Waals surface area contributed by atoms with Crippen LogP contribution in [0.1, 0.15) is 18.7 Å². The first-order valence-electron chi connectivity index (χ1n) is 8.97. The van der Waals surface area contributed by atoms with Gasteiger partial charge in [0, 0.05) is 37.4 Å². The molecular weight excluding hydrogens is 370 g/mol. The topological polar surface area (TPSA) is 93.8 Å². The molecule has 8 nitrogen and oxygen atoms in total. The van der Waals surface area contributed by atoms with Crippen LogP contribution >= 0.6 is 11.6 Å². The maximum absolute atomic E-state index is 5.99. The van der Waals surface area contributed by atoms with E-state index in [0.717, 1.165) is 31.6 Å². The van der Waals surface area contributed by atoms with Crippen molar-refractivity contribution in [2.24, 2.45) is 4.99 Å². The van der Waals surface area contributed by atoms with Crippen LogP contribution < -0.4 is 10.6 Å². The molecule has 1 saturated heterocycles. The molecule has 2 heterocycles. The summed E-state index contributed by atoms with van der Waals surface area (Å²) in [5.41, 5.74) is 0.813. The Morgan fingerprint density at radius 3 is 3.11 bits per heavy atom. The van der Waals surface area contributed by atoms with E-state index in [9.17, 15) is 0 Å². The molecule has 1 fully saturated rings. The van der Waals surface area contributed by atoms with Gasteiger partial charge in [-0.25, -0.2) is 0 Å². The summed E-state index contributed by atoms with van der Waals surface area (Å²) in [6, 6.07) is 7.33. The van der Waals surface area contributed by atoms with Gasteiger partial charge < -0.3 is 24.6 Å². The third-order valence-electron chi connectivity index (χ3n) is 4.04. The highest BCUT2D eigenvalue weighted by molar-refractivity contribution is 6.30. The highest BCUT2D eigenvalue weighted by atomic mass is 35.5. The van der Waals surface area contributed by atoms with Crippen LogP contribution in [0.2, 0.25) is 5.02 Å². The quantitative estimate of drug-likeness (QED) is 0.403. The summed E-state index contributed by atoms with van der Waals surface area (Å²) in [7, 11) is 1.72. The first-order chi connectivity index (χ1) is 13.2. The molecule has 146 valence electrons. The van der Waals surface area contributed by atoms with Gasteiger partial charge in [-0.05, 0) is 25.0 Å². The zero-order valence-electron chi connectivity index (χ0n) is 15.3. The molecule has 1 aromatic heterocycles. The van der Waals surface area contributed by atoms with Gasteiger partial charge in [0.1, 0.15) is 0 Å². The molecule has 1 aliphatic rings. The van der Waals surface area contributed by atoms with Gasteiger partial charge in [0.2, 0.25) is 11.7 Å². The van der Waals surface area contributed by atoms with Gasteiger partial charge in [0.15, 0.2) is 5.96 Å². The molecule has 0 bridgehead atoms. The van der Waals surface area contributed by atoms with E-state index in [1.807, 2.05) is 12.1 Å². The number of aromatic nitrogens is 2. The Morgan fingerprint density at radius 2 is 2.33 bits per heavy atom. The van der Waals surface area contributed by atoms with Crippen LogP contribution in [-0.2, 0) is 16.0 Å². The van der Waals surface area contributed by atoms with E-state index in [-0.39, 0.29) is 6.10 Å². The molecule has 0 radical (unpaired) electrons. The minimum Gasteiger partial charge on any atom is -0.379 e. The second-order valence-corrected chi connectivity index (χ2v) is 6.52. The van der Waals surface area contributed by atoms with Crippen LogP contribution in [0.3, 0.4) is 0 Å². The van der Waals surface area contributed by atoms with Crippen LogP contribution in [0, 0.1) is 0 Å². The molecule has 9 heteroatoms. The van der Waals surface area contributed by atoms with Crippen LogP contribution in [-0.4, -0.2) is 55.6 Å². The monoisotopic (exact) mass is 393 g/mol. The van der Waals surface area contributed by atoms with Crippen molar-refractivity contribution < 1.29 is 14.0 Å². The number of hydrogen-bond donors (Lipinski definition) is 2. The summed E-state index contributed by atoms with van der Waals surface area (Å²) in [5.74, 6) is 1.64. The molecule has 1 unspecified atom stereocenters. The van der Waals surface area contributed by atoms with Gasteiger partial charge in [0.05, 0.1) is 19.3 Å². The molecule has 0 saturated carbocycles. The van der Waals surface area contributed by atoms with Crippen molar-refractivity contribution in [1.82, 2.24) is 20.8 Å². The van der Waals surface area contributed by atoms with E-state index >= 15 is 0 Å². The molecule has 1 atom stereocenters. The molecule has 1 aromatic carbocycles. The predicted molar refractivity (Wildman–Crippen MR) is 103 cm³/mol. The second kappa shape index (κ2) is 10.2. The average Bonchev–Trinajstić information content (AvgIpc) is 3.36. The van der Waals surface area contributed by atoms with Gasteiger partial charge in [-0.15, -0.1) is 0 Å². The van der Waals surface area contributed by atoms with Crippen molar-refractivity contribution in [2.75, 3.05) is 33.4 Å². The Morgan fingerprint density at radius 1 is 1.41 bits per heavy atom. The van der Waals surface area contributed by atoms with E-state index < -0.39 is 0 Å². The van der Waals surface area contributed by atoms with Crippen molar-refractivity contribution >= 4 is 17.6 Å². The van der Waals surface area contributed by atoms with Gasteiger partial charge in [-0.1, -0.05) is 28.9 Å². The van der Waals surface area contributed by atoms with Crippen molar-refractivity contribution in [3.05, 3.63) is 35.2 Å². The number of nitrogens with zero attached hydrogens (tertiary/aromatic N) is 3. The van der Waals surface area contributed by atoms with Gasteiger partial charge in [-0.2, -0.15) is 4.98 Å². The lowest BCUT2D eigenvalue weighted by Gasteiger charge is -2.12. The van der Waals surface area contributed by atoms with E-state index in [2.05, 4.69) is 25.8 Å². The lowest BCUT2D eigenvalue weighted by molar-refractivity contribution is 0.0420. The molecule has 2 aromatic rings. The molecule has 3 rings (SSSR count). The summed E-state index contributed by atoms with van der Waals surface area (Å²) in [6.07, 6.45) is 2.11. The molecular formula is C18H24ClN5O3. The number of rotatable bonds is 8. The number of hydrogen-bond acceptors (Lipinski definition) is 6. The lowest BCUT2D eigenvalue weighted by Crippen LogP contribution is -2.37. The number of ether oxygens (including phenoxy) is 2. The fraction of sp³-hybridized carbons (Fsp3) is 0.500. The number of guanidine groups is 1. The fourth-order valence-corrected chi connectivity index (χ4v) is 2.82. The summed E-state index contributed by atoms with van der Waals surface area (Å²) >= 11 is 5.99. The summed E-state index contributed by atoms with van der Waals surface area (Å²) in [5, 5.41) is 11.0. The molecule has 0 aliphatic carbocycles. The maximum Gasteiger partial charge on any atom is 0.246 e. The van der Waals surface area contributed by atoms with Crippen LogP contribution in [0.15, 0.2) is 33.8 Å². The fourth-order valence-electron chi connectivity index (χ4n) is 2.62. The number of nitrogens with one attached hydrogen (secondary N) is 2. The zero-order valence-corrected chi connectivity index (χ0v) is 16.0. The number of benzene rings is 1. The Hall–Kier alpha value is -2.16. The van der Waals surface area contributed by atoms with E-state index in [4.69, 9.17) is 25.6 Å². The van der Waals surface area contributed by atoms with Crippen molar-refractivity contribution in [1.29, 1.82) is 0 Å². The number of halogens is 1. The molecule has 27 heavy (non-hydrogen) atoms. The highest BCUT2D eigenvalue weighted by Gasteiger charge is 2.15. The van der Waals surface area contributed by atoms with Crippen molar-refractivity contribution in [2.45, 2.75) is 25.5 Å². The summed E-state index contributed by atoms with van der Waals surface area (Å²) in [4.78, 5) is 8.55. The van der Waals surface area contributed by atoms with Crippen molar-refractivity contribution in [3.8, 4) is 11.4 Å². The van der Waals surface area contributed by atoms with Crippen LogP contribution in [0.25, 0.3) is 11.4 Å². The maximum atomic E-state index is 5.99. The molecule has 0 amide bonds. The summed E-state index contributed by atoms with van der Waals surface area (Å²) < 4.78 is 16.3. The summed E-state index contributed by atoms with van der Waals surface area (Å²) in [6.45, 7) is 3.34. The second-order valence-electron chi connectivity index (χ2n) is 6.08. The Balaban J connectivity index is 1.38. The van der Waals surface area contributed by atoms with Crippen LogP contribution in [0.4, 0.5) is 0 Å². The Bertz CT molecular complexity index is 746. The minimum absolute atomic E-state index is 0.244. The van der Waals surface area contributed by atoms with Crippen LogP contribution in [0.5, 0.6) is 0 Å². The van der Waals surface area contributed by atoms with E-state index in [1.54, 1.807) is 19.2 Å². The molecule has 2 N–H and O–H groups in total. The van der Waals surface area contributed by atoms with Crippen molar-refractivity contribution in [3.63, 3.8) is 0 Å². The third-order valence-corrected chi connectivity index (χ3v) is 4.27. The normalized spacial score (nSPS) is 17.3. The first-order valence-corrected chi connectivity index (χ1v) is 9.35. The highest BCUT2D eigenvalue weighted by Crippen LogP contribution is 2.19. The van der Waals surface area contributed by atoms with E-state index in [1.165, 1.54) is 0 Å².